The maximum atomic E-state index is 13.1. The number of halogens is 3. The fourth-order valence-corrected chi connectivity index (χ4v) is 3.75. The number of nitrogens with zero attached hydrogens (tertiary/aromatic N) is 1. The third-order valence-corrected chi connectivity index (χ3v) is 5.07. The van der Waals surface area contributed by atoms with Gasteiger partial charge in [-0.25, -0.2) is 4.79 Å². The molecule has 5 nitrogen and oxygen atoms in total. The summed E-state index contributed by atoms with van der Waals surface area (Å²) in [5, 5.41) is 2.53. The summed E-state index contributed by atoms with van der Waals surface area (Å²) in [5.74, 6) is -1.62. The number of alkyl carbamates (subject to hydrolysis) is 1. The Morgan fingerprint density at radius 1 is 1.24 bits per heavy atom. The predicted octanol–water partition coefficient (Wildman–Crippen LogP) is 4.40. The molecule has 1 aromatic carbocycles. The van der Waals surface area contributed by atoms with Crippen LogP contribution in [0.25, 0.3) is 0 Å². The molecule has 1 fully saturated rings. The van der Waals surface area contributed by atoms with Crippen molar-refractivity contribution in [1.82, 2.24) is 10.2 Å². The number of rotatable bonds is 4. The van der Waals surface area contributed by atoms with Gasteiger partial charge in [0.2, 0.25) is 5.91 Å². The Labute approximate surface area is 169 Å². The molecule has 0 radical (unpaired) electrons. The van der Waals surface area contributed by atoms with Crippen LogP contribution in [-0.4, -0.2) is 47.8 Å². The molecular formula is C21H29F3N2O3. The van der Waals surface area contributed by atoms with E-state index >= 15 is 0 Å². The topological polar surface area (TPSA) is 58.6 Å². The van der Waals surface area contributed by atoms with E-state index in [9.17, 15) is 22.8 Å². The van der Waals surface area contributed by atoms with Crippen LogP contribution in [0.2, 0.25) is 0 Å². The molecule has 2 rings (SSSR count). The van der Waals surface area contributed by atoms with E-state index in [1.54, 1.807) is 27.7 Å². The lowest BCUT2D eigenvalue weighted by Gasteiger charge is -2.43. The first kappa shape index (κ1) is 23.0. The molecule has 0 saturated carbocycles. The molecule has 2 amide bonds. The zero-order valence-electron chi connectivity index (χ0n) is 17.5. The van der Waals surface area contributed by atoms with E-state index in [4.69, 9.17) is 4.74 Å². The molecule has 8 heteroatoms. The molecule has 1 aliphatic rings. The minimum Gasteiger partial charge on any atom is -0.444 e. The molecule has 162 valence electrons. The number of alkyl halides is 3. The predicted molar refractivity (Wildman–Crippen MR) is 103 cm³/mol. The van der Waals surface area contributed by atoms with Crippen molar-refractivity contribution in [3.05, 3.63) is 35.4 Å². The van der Waals surface area contributed by atoms with Crippen LogP contribution in [0.5, 0.6) is 0 Å². The van der Waals surface area contributed by atoms with E-state index in [0.29, 0.717) is 6.42 Å². The second-order valence-electron chi connectivity index (χ2n) is 8.60. The molecule has 1 heterocycles. The Kier molecular flexibility index (Phi) is 6.86. The fraction of sp³-hybridized carbons (Fsp3) is 0.619. The highest BCUT2D eigenvalue weighted by atomic mass is 19.4. The van der Waals surface area contributed by atoms with Gasteiger partial charge in [-0.05, 0) is 52.2 Å². The van der Waals surface area contributed by atoms with Crippen LogP contribution < -0.4 is 5.32 Å². The zero-order chi connectivity index (χ0) is 22.0. The van der Waals surface area contributed by atoms with Gasteiger partial charge in [0.05, 0.1) is 5.92 Å². The number of ether oxygens (including phenoxy) is 1. The second-order valence-corrected chi connectivity index (χ2v) is 8.60. The van der Waals surface area contributed by atoms with Crippen LogP contribution in [0, 0.1) is 12.8 Å². The maximum absolute atomic E-state index is 13.1. The smallest absolute Gasteiger partial charge is 0.407 e. The summed E-state index contributed by atoms with van der Waals surface area (Å²) >= 11 is 0. The average Bonchev–Trinajstić information content (AvgIpc) is 2.56. The molecule has 0 spiro atoms. The Balaban J connectivity index is 2.25. The van der Waals surface area contributed by atoms with Gasteiger partial charge in [0, 0.05) is 18.5 Å². The number of hydrogen-bond donors (Lipinski definition) is 1. The quantitative estimate of drug-likeness (QED) is 0.794. The van der Waals surface area contributed by atoms with Crippen LogP contribution >= 0.6 is 0 Å². The van der Waals surface area contributed by atoms with Crippen molar-refractivity contribution in [3.63, 3.8) is 0 Å². The van der Waals surface area contributed by atoms with Crippen molar-refractivity contribution >= 4 is 12.0 Å². The van der Waals surface area contributed by atoms with Gasteiger partial charge in [0.25, 0.3) is 0 Å². The highest BCUT2D eigenvalue weighted by molar-refractivity contribution is 5.81. The number of piperidine rings is 1. The van der Waals surface area contributed by atoms with E-state index < -0.39 is 42.3 Å². The summed E-state index contributed by atoms with van der Waals surface area (Å²) in [4.78, 5) is 25.6. The van der Waals surface area contributed by atoms with Gasteiger partial charge in [-0.15, -0.1) is 0 Å². The Morgan fingerprint density at radius 2 is 1.86 bits per heavy atom. The standard InChI is InChI=1S/C21H29F3N2O3/c1-13-8-6-7-9-16(13)17-10-15(11-25-19(28)29-20(3,4)5)18(27)26(14(17)2)12-21(22,23)24/h6-9,14-15,17H,10-12H2,1-5H3,(H,25,28)/t14-,15?,17-/m1/s1. The Hall–Kier alpha value is -2.25. The van der Waals surface area contributed by atoms with Crippen molar-refractivity contribution in [1.29, 1.82) is 0 Å². The molecular weight excluding hydrogens is 385 g/mol. The van der Waals surface area contributed by atoms with Gasteiger partial charge >= 0.3 is 12.3 Å². The van der Waals surface area contributed by atoms with Crippen molar-refractivity contribution < 1.29 is 27.5 Å². The summed E-state index contributed by atoms with van der Waals surface area (Å²) in [5.41, 5.74) is 1.17. The third kappa shape index (κ3) is 6.37. The number of amides is 2. The lowest BCUT2D eigenvalue weighted by Crippen LogP contribution is -2.55. The summed E-state index contributed by atoms with van der Waals surface area (Å²) in [6, 6.07) is 6.89. The van der Waals surface area contributed by atoms with Crippen molar-refractivity contribution in [3.8, 4) is 0 Å². The van der Waals surface area contributed by atoms with Gasteiger partial charge < -0.3 is 15.0 Å². The summed E-state index contributed by atoms with van der Waals surface area (Å²) in [6.45, 7) is 7.30. The molecule has 0 bridgehead atoms. The number of aryl methyl sites for hydroxylation is 1. The molecule has 1 saturated heterocycles. The minimum absolute atomic E-state index is 0.0722. The Morgan fingerprint density at radius 3 is 2.41 bits per heavy atom. The largest absolute Gasteiger partial charge is 0.444 e. The van der Waals surface area contributed by atoms with Gasteiger partial charge in [-0.2, -0.15) is 13.2 Å². The first-order valence-corrected chi connectivity index (χ1v) is 9.68. The SMILES string of the molecule is Cc1ccccc1[C@@H]1CC(CNC(=O)OC(C)(C)C)C(=O)N(CC(F)(F)F)[C@@H]1C. The number of hydrogen-bond acceptors (Lipinski definition) is 3. The third-order valence-electron chi connectivity index (χ3n) is 5.07. The van der Waals surface area contributed by atoms with Crippen LogP contribution in [0.15, 0.2) is 24.3 Å². The summed E-state index contributed by atoms with van der Waals surface area (Å²) in [7, 11) is 0. The van der Waals surface area contributed by atoms with Gasteiger partial charge in [-0.3, -0.25) is 4.79 Å². The van der Waals surface area contributed by atoms with Gasteiger partial charge in [0.15, 0.2) is 0 Å². The molecule has 0 aromatic heterocycles. The molecule has 3 atom stereocenters. The van der Waals surface area contributed by atoms with Crippen LogP contribution in [0.3, 0.4) is 0 Å². The van der Waals surface area contributed by atoms with E-state index in [2.05, 4.69) is 5.32 Å². The molecule has 1 aliphatic heterocycles. The van der Waals surface area contributed by atoms with Crippen molar-refractivity contribution in [2.24, 2.45) is 5.92 Å². The Bertz CT molecular complexity index is 743. The lowest BCUT2D eigenvalue weighted by atomic mass is 9.77. The zero-order valence-corrected chi connectivity index (χ0v) is 17.5. The van der Waals surface area contributed by atoms with Crippen molar-refractivity contribution in [2.75, 3.05) is 13.1 Å². The highest BCUT2D eigenvalue weighted by Gasteiger charge is 2.45. The van der Waals surface area contributed by atoms with E-state index in [-0.39, 0.29) is 12.5 Å². The maximum Gasteiger partial charge on any atom is 0.407 e. The summed E-state index contributed by atoms with van der Waals surface area (Å²) in [6.07, 6.45) is -4.84. The number of carbonyl (C=O) groups is 2. The van der Waals surface area contributed by atoms with E-state index in [0.717, 1.165) is 16.0 Å². The second kappa shape index (κ2) is 8.63. The molecule has 1 unspecified atom stereocenters. The number of benzene rings is 1. The van der Waals surface area contributed by atoms with Crippen LogP contribution in [0.4, 0.5) is 18.0 Å². The van der Waals surface area contributed by atoms with Gasteiger partial charge in [-0.1, -0.05) is 24.3 Å². The molecule has 29 heavy (non-hydrogen) atoms. The summed E-state index contributed by atoms with van der Waals surface area (Å²) < 4.78 is 44.6. The molecule has 1 N–H and O–H groups in total. The molecule has 1 aromatic rings. The highest BCUT2D eigenvalue weighted by Crippen LogP contribution is 2.38. The minimum atomic E-state index is -4.50. The van der Waals surface area contributed by atoms with Crippen LogP contribution in [0.1, 0.15) is 51.2 Å². The number of nitrogens with one attached hydrogen (secondary N) is 1. The fourth-order valence-electron chi connectivity index (χ4n) is 3.75. The first-order valence-electron chi connectivity index (χ1n) is 9.68. The first-order chi connectivity index (χ1) is 13.3. The number of carbonyl (C=O) groups excluding carboxylic acids is 2. The van der Waals surface area contributed by atoms with E-state index in [1.807, 2.05) is 31.2 Å². The molecule has 0 aliphatic carbocycles. The van der Waals surface area contributed by atoms with E-state index in [1.165, 1.54) is 0 Å². The lowest BCUT2D eigenvalue weighted by molar-refractivity contribution is -0.172. The number of likely N-dealkylation sites (tertiary alicyclic amines) is 1. The average molecular weight is 414 g/mol. The normalized spacial score (nSPS) is 23.1. The van der Waals surface area contributed by atoms with Crippen LogP contribution in [-0.2, 0) is 9.53 Å². The monoisotopic (exact) mass is 414 g/mol. The van der Waals surface area contributed by atoms with Crippen molar-refractivity contribution in [2.45, 2.75) is 64.8 Å². The van der Waals surface area contributed by atoms with Gasteiger partial charge in [0.1, 0.15) is 12.1 Å².